The molecular formula is C42H63N21O5S. The molecule has 372 valence electrons. The van der Waals surface area contributed by atoms with E-state index in [0.29, 0.717) is 87.9 Å². The Kier molecular flexibility index (Phi) is 22.7. The van der Waals surface area contributed by atoms with Crippen LogP contribution in [0.4, 0.5) is 17.2 Å². The summed E-state index contributed by atoms with van der Waals surface area (Å²) >= 11 is 1.47. The summed E-state index contributed by atoms with van der Waals surface area (Å²) in [5, 5.41) is 45.7. The highest BCUT2D eigenvalue weighted by Crippen LogP contribution is 2.30. The number of ether oxygens (including phenoxy) is 1. The molecule has 2 heterocycles. The zero-order valence-electron chi connectivity index (χ0n) is 39.0. The van der Waals surface area contributed by atoms with Gasteiger partial charge in [0.15, 0.2) is 0 Å². The average Bonchev–Trinajstić information content (AvgIpc) is 3.78. The molecule has 0 radical (unpaired) electrons. The molecule has 2 aromatic carbocycles. The first-order valence-corrected chi connectivity index (χ1v) is 22.5. The molecule has 0 saturated carbocycles. The number of aliphatic hydroxyl groups excluding tert-OH is 1. The van der Waals surface area contributed by atoms with E-state index in [9.17, 15) is 14.4 Å². The van der Waals surface area contributed by atoms with E-state index in [4.69, 9.17) is 61.4 Å². The van der Waals surface area contributed by atoms with Crippen molar-refractivity contribution >= 4 is 87.5 Å². The number of amides is 2. The Morgan fingerprint density at radius 2 is 1.00 bits per heavy atom. The highest BCUT2D eigenvalue weighted by Gasteiger charge is 2.27. The molecule has 0 unspecified atom stereocenters. The predicted octanol–water partition coefficient (Wildman–Crippen LogP) is 0.780. The number of nitrogen functional groups attached to an aromatic ring is 1. The number of guanidine groups is 4. The molecule has 1 fully saturated rings. The maximum absolute atomic E-state index is 12.8. The number of carbonyl (C=O) groups excluding carboxylic acids is 2. The van der Waals surface area contributed by atoms with E-state index in [1.54, 1.807) is 76.4 Å². The van der Waals surface area contributed by atoms with Gasteiger partial charge in [-0.3, -0.25) is 14.2 Å². The number of thioether (sulfide) groups is 1. The summed E-state index contributed by atoms with van der Waals surface area (Å²) in [6, 6.07) is 12.2. The number of nitrogens with two attached hydrogens (primary N) is 9. The summed E-state index contributed by atoms with van der Waals surface area (Å²) in [4.78, 5) is 40.7. The Balaban J connectivity index is 0.000000703. The zero-order valence-corrected chi connectivity index (χ0v) is 39.8. The molecule has 1 saturated heterocycles. The first kappa shape index (κ1) is 55.4. The molecule has 0 aliphatic carbocycles. The smallest absolute Gasteiger partial charge is 0.351 e. The van der Waals surface area contributed by atoms with Crippen LogP contribution in [0, 0.1) is 0 Å². The van der Waals surface area contributed by atoms with Crippen LogP contribution in [0.2, 0.25) is 0 Å². The Morgan fingerprint density at radius 1 is 0.638 bits per heavy atom. The van der Waals surface area contributed by atoms with Gasteiger partial charge in [0.05, 0.1) is 29.5 Å². The molecule has 2 atom stereocenters. The predicted molar refractivity (Wildman–Crippen MR) is 276 cm³/mol. The maximum Gasteiger partial charge on any atom is 0.351 e. The van der Waals surface area contributed by atoms with Crippen molar-refractivity contribution in [2.75, 3.05) is 28.7 Å². The van der Waals surface area contributed by atoms with Crippen molar-refractivity contribution < 1.29 is 19.4 Å². The van der Waals surface area contributed by atoms with E-state index in [1.165, 1.54) is 16.3 Å². The number of hydrogen-bond donors (Lipinski definition) is 12. The molecule has 2 amide bonds. The lowest BCUT2D eigenvalue weighted by Gasteiger charge is -2.13. The lowest BCUT2D eigenvalue weighted by molar-refractivity contribution is -0.117. The summed E-state index contributed by atoms with van der Waals surface area (Å²) in [5.74, 6) is -0.211. The summed E-state index contributed by atoms with van der Waals surface area (Å²) < 4.78 is 6.79. The van der Waals surface area contributed by atoms with Crippen molar-refractivity contribution in [3.63, 3.8) is 0 Å². The lowest BCUT2D eigenvalue weighted by Crippen LogP contribution is -2.28. The highest BCUT2D eigenvalue weighted by molar-refractivity contribution is 8.00. The largest absolute Gasteiger partial charge is 0.393 e. The minimum absolute atomic E-state index is 0.0572. The highest BCUT2D eigenvalue weighted by atomic mass is 32.2. The van der Waals surface area contributed by atoms with Crippen molar-refractivity contribution in [2.45, 2.75) is 90.7 Å². The lowest BCUT2D eigenvalue weighted by atomic mass is 10.0. The van der Waals surface area contributed by atoms with E-state index in [0.717, 1.165) is 25.7 Å². The van der Waals surface area contributed by atoms with Gasteiger partial charge in [0.2, 0.25) is 35.7 Å². The molecule has 1 aliphatic heterocycles. The van der Waals surface area contributed by atoms with Crippen LogP contribution in [0.25, 0.3) is 0 Å². The number of carbonyl (C=O) groups is 2. The van der Waals surface area contributed by atoms with Gasteiger partial charge in [0.25, 0.3) is 0 Å². The van der Waals surface area contributed by atoms with Gasteiger partial charge in [-0.25, -0.2) is 4.79 Å². The van der Waals surface area contributed by atoms with Gasteiger partial charge in [-0.1, -0.05) is 25.7 Å². The summed E-state index contributed by atoms with van der Waals surface area (Å²) in [6.45, 7) is 6.86. The van der Waals surface area contributed by atoms with Crippen LogP contribution in [0.5, 0.6) is 0 Å². The Hall–Kier alpha value is -7.91. The quantitative estimate of drug-likeness (QED) is 0.0304. The molecule has 0 spiro atoms. The van der Waals surface area contributed by atoms with E-state index in [2.05, 4.69) is 56.4 Å². The Morgan fingerprint density at radius 3 is 1.32 bits per heavy atom. The number of anilines is 3. The standard InChI is InChI=1S/C34H52N18O2.C8H11N3O3S/c1-19(45-49-31(35)36)23-13-24(20(2)46-50-32(37)38)16-27(15-23)43-29(53)11-9-7-5-6-8-10-12-30(54)44-28-17-25(21(3)47-51-33(39)40)14-26(18-28)22(4)48-52-34(41)42;9-5-1-2-11(8(13)10-5)6-4-15-7(3-12)14-6/h13-18H,5-12H2,1-4H3,(H,43,53)(H,44,54)(H4,35,36,49)(H4,37,38,50)(H4,39,40,51)(H4,41,42,52);1-2,6-7,12H,3-4H2,(H2,9,10,13)/b45-19+,46-20+,47-21+,48-22+;/t;6-,7+/m.0/s1. The van der Waals surface area contributed by atoms with Gasteiger partial charge >= 0.3 is 5.69 Å². The van der Waals surface area contributed by atoms with Crippen LogP contribution in [0.15, 0.2) is 94.3 Å². The van der Waals surface area contributed by atoms with Crippen LogP contribution in [-0.2, 0) is 14.3 Å². The van der Waals surface area contributed by atoms with Crippen molar-refractivity contribution in [1.82, 2.24) is 9.55 Å². The molecule has 0 bridgehead atoms. The third-order valence-electron chi connectivity index (χ3n) is 9.47. The molecule has 27 heteroatoms. The minimum atomic E-state index is -0.431. The number of unbranched alkanes of at least 4 members (excludes halogenated alkanes) is 5. The third-order valence-corrected chi connectivity index (χ3v) is 10.6. The fraction of sp³-hybridized carbons (Fsp3) is 0.381. The van der Waals surface area contributed by atoms with Gasteiger partial charge in [-0.2, -0.15) is 25.4 Å². The fourth-order valence-electron chi connectivity index (χ4n) is 6.05. The van der Waals surface area contributed by atoms with Gasteiger partial charge in [0.1, 0.15) is 17.5 Å². The normalized spacial score (nSPS) is 15.0. The number of nitrogens with one attached hydrogen (secondary N) is 2. The number of nitrogens with zero attached hydrogens (tertiary/aromatic N) is 10. The van der Waals surface area contributed by atoms with Crippen LogP contribution in [0.3, 0.4) is 0 Å². The average molecular weight is 974 g/mol. The monoisotopic (exact) mass is 974 g/mol. The maximum atomic E-state index is 12.8. The molecule has 1 aliphatic rings. The first-order valence-electron chi connectivity index (χ1n) is 21.4. The first-order chi connectivity index (χ1) is 32.7. The van der Waals surface area contributed by atoms with Crippen molar-refractivity contribution in [1.29, 1.82) is 0 Å². The van der Waals surface area contributed by atoms with E-state index >= 15 is 0 Å². The minimum Gasteiger partial charge on any atom is -0.393 e. The molecule has 4 rings (SSSR count). The molecule has 26 nitrogen and oxygen atoms in total. The van der Waals surface area contributed by atoms with Crippen LogP contribution >= 0.6 is 11.8 Å². The topological polar surface area (TPSA) is 456 Å². The van der Waals surface area contributed by atoms with E-state index < -0.39 is 5.69 Å². The second kappa shape index (κ2) is 28.3. The SMILES string of the molecule is C/C(=N\N=C(N)N)c1cc(NC(=O)CCCCCCCCC(=O)Nc2cc(/C(C)=N/N=C(N)N)cc(/C(C)=N/N=C(N)N)c2)cc(/C(C)=N/N=C(N)N)c1.Nc1ccn([C@@H]2CS[C@H](CO)O2)c(=O)n1. The number of rotatable bonds is 21. The van der Waals surface area contributed by atoms with E-state index in [1.807, 2.05) is 0 Å². The van der Waals surface area contributed by atoms with Crippen molar-refractivity contribution in [3.8, 4) is 0 Å². The van der Waals surface area contributed by atoms with Gasteiger partial charge < -0.3 is 72.1 Å². The second-order valence-electron chi connectivity index (χ2n) is 15.2. The van der Waals surface area contributed by atoms with Crippen molar-refractivity contribution in [2.24, 2.45) is 86.7 Å². The van der Waals surface area contributed by atoms with Crippen molar-refractivity contribution in [3.05, 3.63) is 81.4 Å². The van der Waals surface area contributed by atoms with Crippen LogP contribution < -0.4 is 67.9 Å². The number of hydrogen-bond acceptors (Lipinski definition) is 16. The zero-order chi connectivity index (χ0) is 51.0. The Labute approximate surface area is 402 Å². The van der Waals surface area contributed by atoms with Crippen LogP contribution in [0.1, 0.15) is 108 Å². The second-order valence-corrected chi connectivity index (χ2v) is 16.4. The van der Waals surface area contributed by atoms with E-state index in [-0.39, 0.29) is 59.7 Å². The fourth-order valence-corrected chi connectivity index (χ4v) is 6.98. The summed E-state index contributed by atoms with van der Waals surface area (Å²) in [5.41, 5.74) is 53.7. The molecule has 69 heavy (non-hydrogen) atoms. The Bertz CT molecular complexity index is 2310. The number of aromatic nitrogens is 2. The molecule has 3 aromatic rings. The van der Waals surface area contributed by atoms with Gasteiger partial charge in [0, 0.05) is 58.4 Å². The molecular weight excluding hydrogens is 911 g/mol. The molecule has 1 aromatic heterocycles. The number of aliphatic hydroxyl groups is 1. The van der Waals surface area contributed by atoms with Crippen LogP contribution in [-0.4, -0.2) is 91.0 Å². The number of benzene rings is 2. The summed E-state index contributed by atoms with van der Waals surface area (Å²) in [7, 11) is 0. The summed E-state index contributed by atoms with van der Waals surface area (Å²) in [6.07, 6.45) is 6.80. The van der Waals surface area contributed by atoms with Gasteiger partial charge in [-0.15, -0.1) is 32.2 Å². The third kappa shape index (κ3) is 20.7. The van der Waals surface area contributed by atoms with Gasteiger partial charge in [-0.05, 0) is 83.0 Å². The molecule has 21 N–H and O–H groups in total.